The first-order chi connectivity index (χ1) is 14.6. The zero-order valence-corrected chi connectivity index (χ0v) is 16.7. The van der Waals surface area contributed by atoms with Crippen molar-refractivity contribution < 1.29 is 23.5 Å². The number of anilines is 1. The van der Waals surface area contributed by atoms with Gasteiger partial charge in [-0.3, -0.25) is 14.4 Å². The number of carbonyl (C=O) groups excluding carboxylic acids is 3. The van der Waals surface area contributed by atoms with Gasteiger partial charge in [-0.2, -0.15) is 0 Å². The number of furan rings is 1. The highest BCUT2D eigenvalue weighted by atomic mass is 16.5. The van der Waals surface area contributed by atoms with Crippen molar-refractivity contribution in [3.05, 3.63) is 48.6 Å². The van der Waals surface area contributed by atoms with Crippen LogP contribution >= 0.6 is 0 Å². The minimum Gasteiger partial charge on any atom is -0.467 e. The predicted molar refractivity (Wildman–Crippen MR) is 108 cm³/mol. The maximum absolute atomic E-state index is 12.7. The van der Waals surface area contributed by atoms with Gasteiger partial charge >= 0.3 is 0 Å². The Hall–Kier alpha value is -3.20. The summed E-state index contributed by atoms with van der Waals surface area (Å²) in [6, 6.07) is 8.62. The fraction of sp³-hybridized carbons (Fsp3) is 0.429. The first-order valence-corrected chi connectivity index (χ1v) is 9.99. The molecule has 2 aromatic heterocycles. The Morgan fingerprint density at radius 3 is 2.73 bits per heavy atom. The van der Waals surface area contributed by atoms with Gasteiger partial charge in [0.05, 0.1) is 25.5 Å². The molecule has 0 aromatic carbocycles. The Morgan fingerprint density at radius 1 is 1.13 bits per heavy atom. The second-order valence-corrected chi connectivity index (χ2v) is 7.03. The monoisotopic (exact) mass is 414 g/mol. The molecule has 1 aliphatic heterocycles. The molecule has 0 bridgehead atoms. The number of aromatic nitrogens is 1. The first-order valence-electron chi connectivity index (χ1n) is 9.99. The van der Waals surface area contributed by atoms with E-state index in [4.69, 9.17) is 9.15 Å². The van der Waals surface area contributed by atoms with Gasteiger partial charge in [-0.05, 0) is 37.1 Å². The molecule has 9 heteroatoms. The second kappa shape index (κ2) is 11.1. The van der Waals surface area contributed by atoms with Crippen molar-refractivity contribution in [2.45, 2.75) is 38.3 Å². The third-order valence-electron chi connectivity index (χ3n) is 4.66. The van der Waals surface area contributed by atoms with E-state index in [0.717, 1.165) is 12.8 Å². The van der Waals surface area contributed by atoms with Crippen LogP contribution in [0.15, 0.2) is 47.2 Å². The largest absolute Gasteiger partial charge is 0.467 e. The molecule has 3 rings (SSSR count). The molecule has 3 heterocycles. The molecule has 2 aromatic rings. The Morgan fingerprint density at radius 2 is 2.03 bits per heavy atom. The highest BCUT2D eigenvalue weighted by Crippen LogP contribution is 2.11. The van der Waals surface area contributed by atoms with Crippen molar-refractivity contribution in [2.24, 2.45) is 0 Å². The van der Waals surface area contributed by atoms with Gasteiger partial charge in [-0.25, -0.2) is 4.98 Å². The van der Waals surface area contributed by atoms with Crippen LogP contribution in [0.2, 0.25) is 0 Å². The molecule has 0 radical (unpaired) electrons. The van der Waals surface area contributed by atoms with Gasteiger partial charge in [0.1, 0.15) is 11.6 Å². The van der Waals surface area contributed by atoms with E-state index in [1.54, 1.807) is 36.5 Å². The SMILES string of the molecule is O=C(CN(Cc1ccco1)C(=O)CCC(=O)Nc1ccccn1)NCC1CCCO1. The average Bonchev–Trinajstić information content (AvgIpc) is 3.45. The fourth-order valence-corrected chi connectivity index (χ4v) is 3.11. The number of ether oxygens (including phenoxy) is 1. The third-order valence-corrected chi connectivity index (χ3v) is 4.66. The molecule has 0 aliphatic carbocycles. The normalized spacial score (nSPS) is 15.5. The quantitative estimate of drug-likeness (QED) is 0.612. The van der Waals surface area contributed by atoms with Gasteiger partial charge in [0.2, 0.25) is 17.7 Å². The van der Waals surface area contributed by atoms with Crippen LogP contribution in [0, 0.1) is 0 Å². The molecule has 1 atom stereocenters. The molecule has 9 nitrogen and oxygen atoms in total. The molecule has 160 valence electrons. The van der Waals surface area contributed by atoms with Crippen LogP contribution in [0.3, 0.4) is 0 Å². The fourth-order valence-electron chi connectivity index (χ4n) is 3.11. The lowest BCUT2D eigenvalue weighted by atomic mass is 10.2. The van der Waals surface area contributed by atoms with Crippen LogP contribution in [0.4, 0.5) is 5.82 Å². The number of hydrogen-bond acceptors (Lipinski definition) is 6. The maximum atomic E-state index is 12.7. The number of hydrogen-bond donors (Lipinski definition) is 2. The number of rotatable bonds is 10. The highest BCUT2D eigenvalue weighted by Gasteiger charge is 2.21. The molecule has 3 amide bonds. The Bertz CT molecular complexity index is 819. The van der Waals surface area contributed by atoms with E-state index in [9.17, 15) is 14.4 Å². The Balaban J connectivity index is 1.50. The minimum absolute atomic E-state index is 0.0123. The lowest BCUT2D eigenvalue weighted by molar-refractivity contribution is -0.137. The summed E-state index contributed by atoms with van der Waals surface area (Å²) >= 11 is 0. The molecule has 1 aliphatic rings. The lowest BCUT2D eigenvalue weighted by Crippen LogP contribution is -2.42. The summed E-state index contributed by atoms with van der Waals surface area (Å²) in [6.07, 6.45) is 4.97. The summed E-state index contributed by atoms with van der Waals surface area (Å²) in [4.78, 5) is 42.6. The van der Waals surface area contributed by atoms with Gasteiger partial charge in [0.15, 0.2) is 0 Å². The lowest BCUT2D eigenvalue weighted by Gasteiger charge is -2.21. The molecule has 0 saturated carbocycles. The van der Waals surface area contributed by atoms with E-state index in [1.807, 2.05) is 0 Å². The molecule has 2 N–H and O–H groups in total. The number of pyridine rings is 1. The number of amides is 3. The van der Waals surface area contributed by atoms with E-state index in [-0.39, 0.29) is 49.8 Å². The number of carbonyl (C=O) groups is 3. The Labute approximate surface area is 174 Å². The smallest absolute Gasteiger partial charge is 0.239 e. The van der Waals surface area contributed by atoms with E-state index < -0.39 is 0 Å². The van der Waals surface area contributed by atoms with Crippen LogP contribution in [-0.2, 0) is 25.7 Å². The van der Waals surface area contributed by atoms with Gasteiger partial charge in [-0.15, -0.1) is 0 Å². The van der Waals surface area contributed by atoms with Crippen molar-refractivity contribution >= 4 is 23.5 Å². The standard InChI is InChI=1S/C21H26N4O5/c26-19(24-18-7-1-2-10-22-18)8-9-21(28)25(14-17-6-4-12-30-17)15-20(27)23-13-16-5-3-11-29-16/h1-2,4,6-7,10,12,16H,3,5,8-9,11,13-15H2,(H,23,27)(H,22,24,26). The van der Waals surface area contributed by atoms with E-state index in [2.05, 4.69) is 15.6 Å². The molecular weight excluding hydrogens is 388 g/mol. The Kier molecular flexibility index (Phi) is 7.96. The van der Waals surface area contributed by atoms with Crippen molar-refractivity contribution in [2.75, 3.05) is 25.0 Å². The van der Waals surface area contributed by atoms with Crippen LogP contribution in [0.1, 0.15) is 31.4 Å². The van der Waals surface area contributed by atoms with Gasteiger partial charge in [0, 0.05) is 32.2 Å². The van der Waals surface area contributed by atoms with Crippen LogP contribution < -0.4 is 10.6 Å². The van der Waals surface area contributed by atoms with Crippen molar-refractivity contribution in [1.82, 2.24) is 15.2 Å². The summed E-state index contributed by atoms with van der Waals surface area (Å²) in [6.45, 7) is 1.17. The molecule has 30 heavy (non-hydrogen) atoms. The minimum atomic E-state index is -0.317. The third kappa shape index (κ3) is 7.00. The van der Waals surface area contributed by atoms with E-state index in [0.29, 0.717) is 24.7 Å². The maximum Gasteiger partial charge on any atom is 0.239 e. The second-order valence-electron chi connectivity index (χ2n) is 7.03. The van der Waals surface area contributed by atoms with Gasteiger partial charge in [0.25, 0.3) is 0 Å². The van der Waals surface area contributed by atoms with E-state index >= 15 is 0 Å². The van der Waals surface area contributed by atoms with E-state index in [1.165, 1.54) is 11.2 Å². The zero-order chi connectivity index (χ0) is 21.2. The molecular formula is C21H26N4O5. The molecule has 1 unspecified atom stereocenters. The summed E-state index contributed by atoms with van der Waals surface area (Å²) in [7, 11) is 0. The number of nitrogens with one attached hydrogen (secondary N) is 2. The summed E-state index contributed by atoms with van der Waals surface area (Å²) in [5, 5.41) is 5.45. The topological polar surface area (TPSA) is 114 Å². The van der Waals surface area contributed by atoms with Crippen molar-refractivity contribution in [3.63, 3.8) is 0 Å². The molecule has 1 fully saturated rings. The van der Waals surface area contributed by atoms with Crippen molar-refractivity contribution in [3.8, 4) is 0 Å². The summed E-state index contributed by atoms with van der Waals surface area (Å²) < 4.78 is 10.8. The highest BCUT2D eigenvalue weighted by molar-refractivity contribution is 5.93. The molecule has 0 spiro atoms. The van der Waals surface area contributed by atoms with Crippen molar-refractivity contribution in [1.29, 1.82) is 0 Å². The zero-order valence-electron chi connectivity index (χ0n) is 16.7. The van der Waals surface area contributed by atoms with Gasteiger partial charge in [-0.1, -0.05) is 6.07 Å². The van der Waals surface area contributed by atoms with Gasteiger partial charge < -0.3 is 24.7 Å². The van der Waals surface area contributed by atoms with Crippen LogP contribution in [-0.4, -0.2) is 53.4 Å². The first kappa shape index (κ1) is 21.5. The number of nitrogens with zero attached hydrogens (tertiary/aromatic N) is 2. The summed E-state index contributed by atoms with van der Waals surface area (Å²) in [5.41, 5.74) is 0. The summed E-state index contributed by atoms with van der Waals surface area (Å²) in [5.74, 6) is 0.0881. The van der Waals surface area contributed by atoms with Crippen LogP contribution in [0.5, 0.6) is 0 Å². The van der Waals surface area contributed by atoms with Crippen LogP contribution in [0.25, 0.3) is 0 Å². The average molecular weight is 414 g/mol. The molecule has 1 saturated heterocycles. The predicted octanol–water partition coefficient (Wildman–Crippen LogP) is 1.72.